The Balaban J connectivity index is 1.63. The predicted molar refractivity (Wildman–Crippen MR) is 95.1 cm³/mol. The Bertz CT molecular complexity index is 566. The molecule has 2 aliphatic rings. The average Bonchev–Trinajstić information content (AvgIpc) is 2.62. The number of fused-ring (bicyclic) bond motifs is 1. The molecule has 3 heterocycles. The minimum absolute atomic E-state index is 0.00385. The molecule has 0 saturated carbocycles. The first-order chi connectivity index (χ1) is 12.1. The minimum atomic E-state index is -0.00385. The normalized spacial score (nSPS) is 26.9. The molecule has 0 radical (unpaired) electrons. The molecule has 0 aromatic carbocycles. The van der Waals surface area contributed by atoms with E-state index in [1.54, 1.807) is 19.0 Å². The quantitative estimate of drug-likeness (QED) is 0.782. The summed E-state index contributed by atoms with van der Waals surface area (Å²) < 4.78 is 11.9. The zero-order valence-corrected chi connectivity index (χ0v) is 15.3. The number of carbonyl (C=O) groups excluding carboxylic acids is 1. The van der Waals surface area contributed by atoms with Gasteiger partial charge in [0.1, 0.15) is 6.61 Å². The largest absolute Gasteiger partial charge is 0.377 e. The molecule has 1 aromatic heterocycles. The molecular weight excluding hydrogens is 318 g/mol. The van der Waals surface area contributed by atoms with Gasteiger partial charge in [-0.05, 0) is 37.0 Å². The lowest BCUT2D eigenvalue weighted by molar-refractivity contribution is -0.160. The van der Waals surface area contributed by atoms with E-state index in [2.05, 4.69) is 22.0 Å². The summed E-state index contributed by atoms with van der Waals surface area (Å²) in [5.74, 6) is 0.00845. The van der Waals surface area contributed by atoms with E-state index >= 15 is 0 Å². The Morgan fingerprint density at radius 1 is 1.44 bits per heavy atom. The van der Waals surface area contributed by atoms with Crippen LogP contribution >= 0.6 is 0 Å². The number of ether oxygens (including phenoxy) is 2. The fourth-order valence-electron chi connectivity index (χ4n) is 3.95. The van der Waals surface area contributed by atoms with Gasteiger partial charge in [-0.15, -0.1) is 0 Å². The first-order valence-electron chi connectivity index (χ1n) is 9.10. The van der Waals surface area contributed by atoms with Gasteiger partial charge in [0, 0.05) is 58.1 Å². The molecule has 138 valence electrons. The second-order valence-corrected chi connectivity index (χ2v) is 7.46. The number of likely N-dealkylation sites (tertiary alicyclic amines) is 1. The average molecular weight is 347 g/mol. The number of nitrogens with zero attached hydrogens (tertiary/aromatic N) is 3. The van der Waals surface area contributed by atoms with Gasteiger partial charge in [-0.25, -0.2) is 0 Å². The maximum atomic E-state index is 11.8. The first-order valence-corrected chi connectivity index (χ1v) is 9.10. The molecule has 2 aliphatic heterocycles. The number of hydrogen-bond acceptors (Lipinski definition) is 5. The standard InChI is InChI=1S/C19H29N3O3/c1-21(2)18(23)13-24-15-19-7-3-11-25-17(19)6-10-22(14-19)12-16-4-8-20-9-5-16/h4-5,8-9,17H,3,6-7,10-15H2,1-2H3. The Morgan fingerprint density at radius 2 is 2.24 bits per heavy atom. The summed E-state index contributed by atoms with van der Waals surface area (Å²) in [7, 11) is 3.52. The van der Waals surface area contributed by atoms with Crippen molar-refractivity contribution in [3.05, 3.63) is 30.1 Å². The number of pyridine rings is 1. The lowest BCUT2D eigenvalue weighted by atomic mass is 9.73. The molecule has 2 atom stereocenters. The van der Waals surface area contributed by atoms with Gasteiger partial charge >= 0.3 is 0 Å². The van der Waals surface area contributed by atoms with E-state index in [0.717, 1.165) is 45.5 Å². The van der Waals surface area contributed by atoms with Crippen molar-refractivity contribution in [3.63, 3.8) is 0 Å². The van der Waals surface area contributed by atoms with Gasteiger partial charge < -0.3 is 14.4 Å². The van der Waals surface area contributed by atoms with Crippen molar-refractivity contribution >= 4 is 5.91 Å². The van der Waals surface area contributed by atoms with Crippen LogP contribution in [0, 0.1) is 5.41 Å². The SMILES string of the molecule is CN(C)C(=O)COCC12CCCOC1CCN(Cc1ccncc1)C2. The third kappa shape index (κ3) is 4.57. The molecule has 0 bridgehead atoms. The Labute approximate surface area is 150 Å². The summed E-state index contributed by atoms with van der Waals surface area (Å²) in [5, 5.41) is 0. The van der Waals surface area contributed by atoms with Crippen molar-refractivity contribution < 1.29 is 14.3 Å². The van der Waals surface area contributed by atoms with Crippen molar-refractivity contribution in [1.82, 2.24) is 14.8 Å². The molecule has 6 nitrogen and oxygen atoms in total. The fraction of sp³-hybridized carbons (Fsp3) is 0.684. The van der Waals surface area contributed by atoms with E-state index in [9.17, 15) is 4.79 Å². The number of aromatic nitrogens is 1. The van der Waals surface area contributed by atoms with Crippen LogP contribution in [0.2, 0.25) is 0 Å². The lowest BCUT2D eigenvalue weighted by Crippen LogP contribution is -2.56. The number of piperidine rings is 1. The van der Waals surface area contributed by atoms with Crippen molar-refractivity contribution in [2.75, 3.05) is 47.0 Å². The third-order valence-electron chi connectivity index (χ3n) is 5.34. The van der Waals surface area contributed by atoms with E-state index in [-0.39, 0.29) is 24.0 Å². The second kappa shape index (κ2) is 8.25. The van der Waals surface area contributed by atoms with Crippen LogP contribution in [0.5, 0.6) is 0 Å². The van der Waals surface area contributed by atoms with Gasteiger partial charge in [0.2, 0.25) is 5.91 Å². The molecule has 25 heavy (non-hydrogen) atoms. The molecule has 0 N–H and O–H groups in total. The van der Waals surface area contributed by atoms with Crippen LogP contribution in [0.4, 0.5) is 0 Å². The van der Waals surface area contributed by atoms with Crippen LogP contribution in [0.15, 0.2) is 24.5 Å². The fourth-order valence-corrected chi connectivity index (χ4v) is 3.95. The topological polar surface area (TPSA) is 54.9 Å². The van der Waals surface area contributed by atoms with Gasteiger partial charge in [-0.1, -0.05) is 0 Å². The number of amides is 1. The molecule has 6 heteroatoms. The molecule has 0 spiro atoms. The Kier molecular flexibility index (Phi) is 6.04. The van der Waals surface area contributed by atoms with Crippen LogP contribution in [-0.2, 0) is 20.8 Å². The first kappa shape index (κ1) is 18.3. The number of likely N-dealkylation sites (N-methyl/N-ethyl adjacent to an activating group) is 1. The van der Waals surface area contributed by atoms with Gasteiger partial charge in [0.15, 0.2) is 0 Å². The monoisotopic (exact) mass is 347 g/mol. The molecule has 2 saturated heterocycles. The molecule has 2 fully saturated rings. The molecule has 1 amide bonds. The molecular formula is C19H29N3O3. The van der Waals surface area contributed by atoms with Gasteiger partial charge in [0.05, 0.1) is 12.7 Å². The highest BCUT2D eigenvalue weighted by atomic mass is 16.5. The van der Waals surface area contributed by atoms with Crippen molar-refractivity contribution in [2.24, 2.45) is 5.41 Å². The number of carbonyl (C=O) groups is 1. The van der Waals surface area contributed by atoms with Gasteiger partial charge in [0.25, 0.3) is 0 Å². The van der Waals surface area contributed by atoms with Crippen LogP contribution in [0.25, 0.3) is 0 Å². The summed E-state index contributed by atoms with van der Waals surface area (Å²) in [5.41, 5.74) is 1.28. The summed E-state index contributed by atoms with van der Waals surface area (Å²) in [6.07, 6.45) is 7.11. The maximum Gasteiger partial charge on any atom is 0.248 e. The van der Waals surface area contributed by atoms with Crippen LogP contribution in [-0.4, -0.2) is 73.8 Å². The van der Waals surface area contributed by atoms with E-state index < -0.39 is 0 Å². The van der Waals surface area contributed by atoms with E-state index in [0.29, 0.717) is 6.61 Å². The second-order valence-electron chi connectivity index (χ2n) is 7.46. The van der Waals surface area contributed by atoms with Crippen molar-refractivity contribution in [3.8, 4) is 0 Å². The highest BCUT2D eigenvalue weighted by Crippen LogP contribution is 2.40. The highest BCUT2D eigenvalue weighted by molar-refractivity contribution is 5.76. The molecule has 3 rings (SSSR count). The van der Waals surface area contributed by atoms with Gasteiger partial charge in [-0.3, -0.25) is 14.7 Å². The summed E-state index contributed by atoms with van der Waals surface area (Å²) >= 11 is 0. The number of hydrogen-bond donors (Lipinski definition) is 0. The summed E-state index contributed by atoms with van der Waals surface area (Å²) in [6, 6.07) is 4.14. The summed E-state index contributed by atoms with van der Waals surface area (Å²) in [4.78, 5) is 20.0. The Morgan fingerprint density at radius 3 is 3.00 bits per heavy atom. The van der Waals surface area contributed by atoms with E-state index in [1.807, 2.05) is 12.4 Å². The Hall–Kier alpha value is -1.50. The number of rotatable bonds is 6. The van der Waals surface area contributed by atoms with Crippen LogP contribution < -0.4 is 0 Å². The van der Waals surface area contributed by atoms with Crippen LogP contribution in [0.1, 0.15) is 24.8 Å². The van der Waals surface area contributed by atoms with Gasteiger partial charge in [-0.2, -0.15) is 0 Å². The zero-order chi connectivity index (χ0) is 17.7. The van der Waals surface area contributed by atoms with Crippen molar-refractivity contribution in [2.45, 2.75) is 31.9 Å². The smallest absolute Gasteiger partial charge is 0.248 e. The summed E-state index contributed by atoms with van der Waals surface area (Å²) in [6.45, 7) is 4.48. The molecule has 0 aliphatic carbocycles. The van der Waals surface area contributed by atoms with Crippen LogP contribution in [0.3, 0.4) is 0 Å². The van der Waals surface area contributed by atoms with E-state index in [4.69, 9.17) is 9.47 Å². The third-order valence-corrected chi connectivity index (χ3v) is 5.34. The molecule has 2 unspecified atom stereocenters. The molecule has 1 aromatic rings. The zero-order valence-electron chi connectivity index (χ0n) is 15.3. The highest BCUT2D eigenvalue weighted by Gasteiger charge is 2.46. The van der Waals surface area contributed by atoms with Crippen molar-refractivity contribution in [1.29, 1.82) is 0 Å². The maximum absolute atomic E-state index is 11.8. The predicted octanol–water partition coefficient (Wildman–Crippen LogP) is 1.56. The van der Waals surface area contributed by atoms with E-state index in [1.165, 1.54) is 5.56 Å². The minimum Gasteiger partial charge on any atom is -0.377 e. The lowest BCUT2D eigenvalue weighted by Gasteiger charge is -2.50.